The predicted octanol–water partition coefficient (Wildman–Crippen LogP) is 3.37. The second-order valence-corrected chi connectivity index (χ2v) is 10.2. The summed E-state index contributed by atoms with van der Waals surface area (Å²) in [6.07, 6.45) is 2.93. The average molecular weight is 519 g/mol. The van der Waals surface area contributed by atoms with E-state index in [-0.39, 0.29) is 29.9 Å². The molecule has 1 atom stereocenters. The van der Waals surface area contributed by atoms with Crippen LogP contribution in [0.2, 0.25) is 5.02 Å². The molecule has 1 saturated carbocycles. The summed E-state index contributed by atoms with van der Waals surface area (Å²) < 4.78 is 36.5. The maximum absolute atomic E-state index is 14.9. The number of ether oxygens (including phenoxy) is 1. The van der Waals surface area contributed by atoms with Crippen molar-refractivity contribution in [3.8, 4) is 5.75 Å². The normalized spacial score (nSPS) is 21.2. The molecule has 1 saturated heterocycles. The number of aliphatic hydroxyl groups excluding tert-OH is 1. The zero-order valence-corrected chi connectivity index (χ0v) is 20.2. The maximum Gasteiger partial charge on any atom is 0.301 e. The van der Waals surface area contributed by atoms with Crippen molar-refractivity contribution in [3.63, 3.8) is 0 Å². The molecule has 0 bridgehead atoms. The third-order valence-electron chi connectivity index (χ3n) is 7.10. The minimum absolute atomic E-state index is 0.108. The van der Waals surface area contributed by atoms with E-state index < -0.39 is 24.1 Å². The van der Waals surface area contributed by atoms with Crippen LogP contribution in [0.25, 0.3) is 10.9 Å². The second-order valence-electron chi connectivity index (χ2n) is 9.75. The van der Waals surface area contributed by atoms with E-state index in [0.29, 0.717) is 59.3 Å². The molecular weight excluding hydrogens is 494 g/mol. The summed E-state index contributed by atoms with van der Waals surface area (Å²) in [6.45, 7) is 0.586. The van der Waals surface area contributed by atoms with Gasteiger partial charge >= 0.3 is 5.92 Å². The second kappa shape index (κ2) is 8.45. The minimum atomic E-state index is -3.11. The van der Waals surface area contributed by atoms with Crippen molar-refractivity contribution < 1.29 is 18.6 Å². The molecule has 1 unspecified atom stereocenters. The van der Waals surface area contributed by atoms with Crippen LogP contribution in [0.15, 0.2) is 29.2 Å². The van der Waals surface area contributed by atoms with Crippen LogP contribution in [-0.2, 0) is 7.05 Å². The van der Waals surface area contributed by atoms with Gasteiger partial charge in [0.05, 0.1) is 23.4 Å². The Labute approximate surface area is 210 Å². The number of aliphatic hydroxyl groups is 1. The molecule has 2 aliphatic heterocycles. The molecule has 0 radical (unpaired) electrons. The molecule has 0 spiro atoms. The number of aromatic nitrogens is 3. The molecule has 190 valence electrons. The highest BCUT2D eigenvalue weighted by atomic mass is 35.5. The molecule has 2 fully saturated rings. The zero-order chi connectivity index (χ0) is 25.2. The van der Waals surface area contributed by atoms with Gasteiger partial charge in [0.25, 0.3) is 5.56 Å². The fraction of sp³-hybridized carbons (Fsp3) is 0.458. The molecule has 2 aromatic heterocycles. The number of nitrogens with zero attached hydrogens (tertiary/aromatic N) is 4. The van der Waals surface area contributed by atoms with Gasteiger partial charge in [-0.15, -0.1) is 0 Å². The summed E-state index contributed by atoms with van der Waals surface area (Å²) >= 11 is 6.35. The van der Waals surface area contributed by atoms with Crippen LogP contribution in [0.1, 0.15) is 12.8 Å². The fourth-order valence-electron chi connectivity index (χ4n) is 4.87. The van der Waals surface area contributed by atoms with E-state index in [1.807, 2.05) is 4.90 Å². The molecule has 12 heteroatoms. The highest BCUT2D eigenvalue weighted by Gasteiger charge is 2.51. The van der Waals surface area contributed by atoms with Crippen LogP contribution in [0.5, 0.6) is 5.75 Å². The molecule has 3 aliphatic rings. The van der Waals surface area contributed by atoms with Crippen molar-refractivity contribution in [3.05, 3.63) is 39.8 Å². The number of nitrogens with one attached hydrogen (secondary N) is 2. The van der Waals surface area contributed by atoms with Crippen LogP contribution in [0.3, 0.4) is 0 Å². The van der Waals surface area contributed by atoms with Crippen molar-refractivity contribution in [1.29, 1.82) is 0 Å². The molecular formula is C24H25ClF2N6O3. The highest BCUT2D eigenvalue weighted by molar-refractivity contribution is 6.32. The third-order valence-corrected chi connectivity index (χ3v) is 7.38. The topological polar surface area (TPSA) is 105 Å². The number of hydrogen-bond acceptors (Lipinski definition) is 8. The molecule has 1 aromatic carbocycles. The van der Waals surface area contributed by atoms with E-state index in [0.717, 1.165) is 0 Å². The van der Waals surface area contributed by atoms with Gasteiger partial charge < -0.3 is 29.9 Å². The van der Waals surface area contributed by atoms with E-state index in [1.54, 1.807) is 25.2 Å². The Kier molecular flexibility index (Phi) is 5.45. The van der Waals surface area contributed by atoms with Crippen LogP contribution >= 0.6 is 11.6 Å². The molecule has 36 heavy (non-hydrogen) atoms. The average Bonchev–Trinajstić information content (AvgIpc) is 3.66. The number of hydrogen-bond donors (Lipinski definition) is 3. The SMILES string of the molecule is Cn1c(=O)c2c(c3cc(Nc4nc(N5CC(CO)C5)ncc4Cl)ccc31)NC(C1CC1)C(F)(F)CO2. The van der Waals surface area contributed by atoms with Gasteiger partial charge in [0, 0.05) is 43.7 Å². The smallest absolute Gasteiger partial charge is 0.301 e. The molecule has 3 N–H and O–H groups in total. The van der Waals surface area contributed by atoms with E-state index in [9.17, 15) is 18.7 Å². The van der Waals surface area contributed by atoms with Crippen molar-refractivity contribution in [1.82, 2.24) is 14.5 Å². The standard InChI is InChI=1S/C24H25ClF2N6O3/c1-32-17-5-4-14(29-21-16(25)7-28-23(31-21)33-8-12(9-33)10-34)6-15(17)18-19(22(32)35)36-11-24(26,27)20(30-18)13-2-3-13/h4-7,12-13,20,30,34H,2-3,8-11H2,1H3,(H,28,29,31). The lowest BCUT2D eigenvalue weighted by atomic mass is 10.0. The Morgan fingerprint density at radius 3 is 2.83 bits per heavy atom. The van der Waals surface area contributed by atoms with Gasteiger partial charge in [-0.25, -0.2) is 13.8 Å². The summed E-state index contributed by atoms with van der Waals surface area (Å²) in [4.78, 5) is 23.7. The Bertz CT molecular complexity index is 1410. The molecule has 0 amide bonds. The van der Waals surface area contributed by atoms with Gasteiger partial charge in [-0.2, -0.15) is 4.98 Å². The number of benzene rings is 1. The third kappa shape index (κ3) is 3.90. The number of halogens is 3. The predicted molar refractivity (Wildman–Crippen MR) is 133 cm³/mol. The Morgan fingerprint density at radius 2 is 2.11 bits per heavy atom. The monoisotopic (exact) mass is 518 g/mol. The van der Waals surface area contributed by atoms with Crippen LogP contribution in [0, 0.1) is 11.8 Å². The number of pyridine rings is 1. The van der Waals surface area contributed by atoms with Gasteiger partial charge in [0.2, 0.25) is 11.7 Å². The van der Waals surface area contributed by atoms with Gasteiger partial charge in [-0.3, -0.25) is 4.79 Å². The molecule has 3 aromatic rings. The number of aryl methyl sites for hydroxylation is 1. The summed E-state index contributed by atoms with van der Waals surface area (Å²) in [7, 11) is 1.59. The lowest BCUT2D eigenvalue weighted by Gasteiger charge is -2.38. The summed E-state index contributed by atoms with van der Waals surface area (Å²) in [5.41, 5.74) is 0.978. The first kappa shape index (κ1) is 23.2. The van der Waals surface area contributed by atoms with Crippen molar-refractivity contribution in [2.75, 3.05) is 41.8 Å². The van der Waals surface area contributed by atoms with Gasteiger partial charge in [0.1, 0.15) is 5.02 Å². The molecule has 6 rings (SSSR count). The number of alkyl halides is 2. The minimum Gasteiger partial charge on any atom is -0.480 e. The summed E-state index contributed by atoms with van der Waals surface area (Å²) in [6, 6.07) is 4.17. The molecule has 4 heterocycles. The first-order chi connectivity index (χ1) is 17.2. The zero-order valence-electron chi connectivity index (χ0n) is 19.5. The van der Waals surface area contributed by atoms with Gasteiger partial charge in [-0.1, -0.05) is 11.6 Å². The van der Waals surface area contributed by atoms with E-state index in [4.69, 9.17) is 16.3 Å². The summed E-state index contributed by atoms with van der Waals surface area (Å²) in [5.74, 6) is -2.30. The Morgan fingerprint density at radius 1 is 1.33 bits per heavy atom. The van der Waals surface area contributed by atoms with Crippen molar-refractivity contribution >= 4 is 45.6 Å². The molecule has 9 nitrogen and oxygen atoms in total. The lowest BCUT2D eigenvalue weighted by molar-refractivity contribution is -0.0579. The highest BCUT2D eigenvalue weighted by Crippen LogP contribution is 2.45. The largest absolute Gasteiger partial charge is 0.480 e. The quantitative estimate of drug-likeness (QED) is 0.472. The number of anilines is 4. The van der Waals surface area contributed by atoms with E-state index >= 15 is 0 Å². The van der Waals surface area contributed by atoms with Crippen molar-refractivity contribution in [2.45, 2.75) is 24.8 Å². The lowest BCUT2D eigenvalue weighted by Crippen LogP contribution is -2.49. The maximum atomic E-state index is 14.9. The van der Waals surface area contributed by atoms with Gasteiger partial charge in [-0.05, 0) is 37.0 Å². The van der Waals surface area contributed by atoms with Crippen LogP contribution in [-0.4, -0.2) is 57.9 Å². The van der Waals surface area contributed by atoms with E-state index in [1.165, 1.54) is 10.8 Å². The van der Waals surface area contributed by atoms with Crippen molar-refractivity contribution in [2.24, 2.45) is 18.9 Å². The Balaban J connectivity index is 1.38. The molecule has 1 aliphatic carbocycles. The first-order valence-corrected chi connectivity index (χ1v) is 12.2. The van der Waals surface area contributed by atoms with Crippen LogP contribution < -0.4 is 25.8 Å². The van der Waals surface area contributed by atoms with Crippen LogP contribution in [0.4, 0.5) is 31.9 Å². The Hall–Kier alpha value is -3.18. The van der Waals surface area contributed by atoms with E-state index in [2.05, 4.69) is 20.6 Å². The number of fused-ring (bicyclic) bond motifs is 3. The summed E-state index contributed by atoms with van der Waals surface area (Å²) in [5, 5.41) is 16.3. The van der Waals surface area contributed by atoms with Gasteiger partial charge in [0.15, 0.2) is 12.4 Å². The first-order valence-electron chi connectivity index (χ1n) is 11.8. The fourth-order valence-corrected chi connectivity index (χ4v) is 5.01. The number of rotatable bonds is 5.